The molecule has 3 aromatic rings. The van der Waals surface area contributed by atoms with E-state index in [4.69, 9.17) is 9.47 Å². The maximum absolute atomic E-state index is 12.9. The summed E-state index contributed by atoms with van der Waals surface area (Å²) in [5.41, 5.74) is 1.39. The van der Waals surface area contributed by atoms with Gasteiger partial charge in [-0.25, -0.2) is 4.98 Å². The lowest BCUT2D eigenvalue weighted by molar-refractivity contribution is 0.102. The summed E-state index contributed by atoms with van der Waals surface area (Å²) in [5.74, 6) is 1.37. The zero-order valence-electron chi connectivity index (χ0n) is 15.9. The van der Waals surface area contributed by atoms with Gasteiger partial charge >= 0.3 is 0 Å². The molecule has 28 heavy (non-hydrogen) atoms. The number of carbonyl (C=O) groups is 1. The van der Waals surface area contributed by atoms with Crippen LogP contribution >= 0.6 is 11.3 Å². The van der Waals surface area contributed by atoms with Crippen molar-refractivity contribution in [2.75, 3.05) is 19.5 Å². The molecule has 1 N–H and O–H groups in total. The molecule has 0 spiro atoms. The Balaban J connectivity index is 1.66. The fourth-order valence-corrected chi connectivity index (χ4v) is 4.25. The van der Waals surface area contributed by atoms with E-state index in [1.54, 1.807) is 36.2 Å². The van der Waals surface area contributed by atoms with E-state index in [9.17, 15) is 9.59 Å². The second-order valence-electron chi connectivity index (χ2n) is 6.88. The summed E-state index contributed by atoms with van der Waals surface area (Å²) >= 11 is 1.32. The van der Waals surface area contributed by atoms with Crippen molar-refractivity contribution in [3.63, 3.8) is 0 Å². The predicted molar refractivity (Wildman–Crippen MR) is 109 cm³/mol. The molecule has 1 amide bonds. The minimum atomic E-state index is -0.303. The van der Waals surface area contributed by atoms with E-state index in [-0.39, 0.29) is 11.5 Å². The first-order chi connectivity index (χ1) is 13.5. The largest absolute Gasteiger partial charge is 0.493 e. The van der Waals surface area contributed by atoms with Gasteiger partial charge in [-0.05, 0) is 37.8 Å². The number of hydrogen-bond acceptors (Lipinski definition) is 6. The molecule has 2 aromatic heterocycles. The first kappa shape index (κ1) is 18.5. The lowest BCUT2D eigenvalue weighted by Gasteiger charge is -2.10. The number of amides is 1. The van der Waals surface area contributed by atoms with Crippen molar-refractivity contribution in [2.24, 2.45) is 5.92 Å². The normalized spacial score (nSPS) is 13.5. The molecule has 4 rings (SSSR count). The highest BCUT2D eigenvalue weighted by Gasteiger charge is 2.25. The van der Waals surface area contributed by atoms with Crippen LogP contribution in [0.4, 0.5) is 5.69 Å². The van der Waals surface area contributed by atoms with Gasteiger partial charge in [0.25, 0.3) is 11.5 Å². The summed E-state index contributed by atoms with van der Waals surface area (Å²) in [7, 11) is 3.09. The monoisotopic (exact) mass is 399 g/mol. The van der Waals surface area contributed by atoms with E-state index in [1.165, 1.54) is 18.4 Å². The highest BCUT2D eigenvalue weighted by atomic mass is 32.1. The Morgan fingerprint density at radius 1 is 1.29 bits per heavy atom. The van der Waals surface area contributed by atoms with Gasteiger partial charge in [0.15, 0.2) is 11.5 Å². The number of nitrogens with zero attached hydrogens (tertiary/aromatic N) is 2. The summed E-state index contributed by atoms with van der Waals surface area (Å²) in [6.45, 7) is 2.53. The van der Waals surface area contributed by atoms with E-state index >= 15 is 0 Å². The van der Waals surface area contributed by atoms with E-state index in [0.29, 0.717) is 45.4 Å². The molecule has 1 fully saturated rings. The van der Waals surface area contributed by atoms with Crippen molar-refractivity contribution in [2.45, 2.75) is 26.3 Å². The molecule has 1 aliphatic rings. The quantitative estimate of drug-likeness (QED) is 0.687. The van der Waals surface area contributed by atoms with Gasteiger partial charge in [-0.15, -0.1) is 11.3 Å². The van der Waals surface area contributed by atoms with Crippen LogP contribution in [-0.2, 0) is 6.54 Å². The number of rotatable bonds is 6. The topological polar surface area (TPSA) is 82.5 Å². The summed E-state index contributed by atoms with van der Waals surface area (Å²) in [6, 6.07) is 5.15. The fraction of sp³-hybridized carbons (Fsp3) is 0.350. The van der Waals surface area contributed by atoms with Gasteiger partial charge in [-0.2, -0.15) is 0 Å². The van der Waals surface area contributed by atoms with Crippen molar-refractivity contribution < 1.29 is 14.3 Å². The van der Waals surface area contributed by atoms with Crippen LogP contribution in [0, 0.1) is 12.8 Å². The molecule has 7 nitrogen and oxygen atoms in total. The van der Waals surface area contributed by atoms with Crippen LogP contribution in [0.3, 0.4) is 0 Å². The van der Waals surface area contributed by atoms with Crippen molar-refractivity contribution in [3.8, 4) is 11.5 Å². The maximum atomic E-state index is 12.9. The van der Waals surface area contributed by atoms with Gasteiger partial charge in [-0.3, -0.25) is 14.2 Å². The van der Waals surface area contributed by atoms with Crippen LogP contribution in [0.25, 0.3) is 10.2 Å². The molecule has 1 aromatic carbocycles. The third-order valence-electron chi connectivity index (χ3n) is 4.86. The van der Waals surface area contributed by atoms with Gasteiger partial charge in [0.1, 0.15) is 10.2 Å². The number of ether oxygens (including phenoxy) is 2. The second kappa shape index (κ2) is 7.27. The molecule has 0 radical (unpaired) electrons. The molecule has 2 heterocycles. The van der Waals surface area contributed by atoms with Crippen LogP contribution in [0.1, 0.15) is 28.1 Å². The Morgan fingerprint density at radius 2 is 2.04 bits per heavy atom. The van der Waals surface area contributed by atoms with E-state index < -0.39 is 0 Å². The van der Waals surface area contributed by atoms with Gasteiger partial charge in [0, 0.05) is 23.2 Å². The average molecular weight is 399 g/mol. The van der Waals surface area contributed by atoms with Crippen LogP contribution < -0.4 is 20.3 Å². The number of methoxy groups -OCH3 is 2. The Morgan fingerprint density at radius 3 is 2.71 bits per heavy atom. The first-order valence-electron chi connectivity index (χ1n) is 9.03. The molecular formula is C20H21N3O4S. The number of anilines is 1. The van der Waals surface area contributed by atoms with Gasteiger partial charge in [0.05, 0.1) is 26.1 Å². The molecule has 8 heteroatoms. The number of fused-ring (bicyclic) bond motifs is 1. The molecule has 1 saturated carbocycles. The third-order valence-corrected chi connectivity index (χ3v) is 5.94. The first-order valence-corrected chi connectivity index (χ1v) is 9.85. The number of aryl methyl sites for hydroxylation is 1. The van der Waals surface area contributed by atoms with Crippen molar-refractivity contribution in [1.82, 2.24) is 9.55 Å². The van der Waals surface area contributed by atoms with E-state index in [1.807, 2.05) is 6.92 Å². The van der Waals surface area contributed by atoms with Gasteiger partial charge in [-0.1, -0.05) is 0 Å². The predicted octanol–water partition coefficient (Wildman–Crippen LogP) is 3.45. The maximum Gasteiger partial charge on any atom is 0.271 e. The third kappa shape index (κ3) is 3.35. The summed E-state index contributed by atoms with van der Waals surface area (Å²) in [4.78, 5) is 30.9. The molecular weight excluding hydrogens is 378 g/mol. The molecule has 0 aliphatic heterocycles. The fourth-order valence-electron chi connectivity index (χ4n) is 3.19. The number of thiophene rings is 1. The Labute approximate surface area is 165 Å². The van der Waals surface area contributed by atoms with Gasteiger partial charge in [0.2, 0.25) is 0 Å². The molecule has 0 unspecified atom stereocenters. The summed E-state index contributed by atoms with van der Waals surface area (Å²) < 4.78 is 12.7. The second-order valence-corrected chi connectivity index (χ2v) is 8.11. The molecule has 0 atom stereocenters. The van der Waals surface area contributed by atoms with E-state index in [2.05, 4.69) is 10.3 Å². The lowest BCUT2D eigenvalue weighted by atomic mass is 10.2. The van der Waals surface area contributed by atoms with Crippen LogP contribution in [0.2, 0.25) is 0 Å². The number of hydrogen-bond donors (Lipinski definition) is 1. The Hall–Kier alpha value is -2.87. The SMILES string of the molecule is COc1ccc(NC(=O)c2c(C)sc3c(=O)n(CC4CC4)cnc23)cc1OC. The zero-order chi connectivity index (χ0) is 19.8. The Bertz CT molecular complexity index is 1110. The molecule has 1 aliphatic carbocycles. The summed E-state index contributed by atoms with van der Waals surface area (Å²) in [6.07, 6.45) is 3.88. The van der Waals surface area contributed by atoms with Gasteiger partial charge < -0.3 is 14.8 Å². The standard InChI is InChI=1S/C20H21N3O4S/c1-11-16(19(24)22-13-6-7-14(26-2)15(8-13)27-3)17-18(28-11)20(25)23(10-21-17)9-12-4-5-12/h6-8,10,12H,4-5,9H2,1-3H3,(H,22,24). The van der Waals surface area contributed by atoms with Crippen LogP contribution in [0.5, 0.6) is 11.5 Å². The zero-order valence-corrected chi connectivity index (χ0v) is 16.8. The lowest BCUT2D eigenvalue weighted by Crippen LogP contribution is -2.21. The molecule has 0 bridgehead atoms. The number of nitrogens with one attached hydrogen (secondary N) is 1. The highest BCUT2D eigenvalue weighted by Crippen LogP contribution is 2.33. The minimum absolute atomic E-state index is 0.0739. The van der Waals surface area contributed by atoms with Crippen LogP contribution in [0.15, 0.2) is 29.3 Å². The van der Waals surface area contributed by atoms with Crippen molar-refractivity contribution in [3.05, 3.63) is 45.3 Å². The number of aromatic nitrogens is 2. The number of carbonyl (C=O) groups excluding carboxylic acids is 1. The highest BCUT2D eigenvalue weighted by molar-refractivity contribution is 7.19. The molecule has 0 saturated heterocycles. The van der Waals surface area contributed by atoms with Crippen molar-refractivity contribution >= 4 is 33.1 Å². The average Bonchev–Trinajstić information content (AvgIpc) is 3.44. The number of benzene rings is 1. The minimum Gasteiger partial charge on any atom is -0.493 e. The molecule has 146 valence electrons. The van der Waals surface area contributed by atoms with Crippen LogP contribution in [-0.4, -0.2) is 29.7 Å². The van der Waals surface area contributed by atoms with Crippen molar-refractivity contribution in [1.29, 1.82) is 0 Å². The van der Waals surface area contributed by atoms with E-state index in [0.717, 1.165) is 17.7 Å². The smallest absolute Gasteiger partial charge is 0.271 e. The summed E-state index contributed by atoms with van der Waals surface area (Å²) in [5, 5.41) is 2.86. The Kier molecular flexibility index (Phi) is 4.80.